The first-order valence-corrected chi connectivity index (χ1v) is 8.22. The van der Waals surface area contributed by atoms with Crippen LogP contribution in [0.1, 0.15) is 42.7 Å². The molecular formula is C19H25NO2. The molecule has 0 saturated carbocycles. The third-order valence-corrected chi connectivity index (χ3v) is 4.98. The van der Waals surface area contributed by atoms with E-state index in [0.717, 1.165) is 19.4 Å². The van der Waals surface area contributed by atoms with Crippen LogP contribution in [0.2, 0.25) is 0 Å². The number of aromatic nitrogens is 1. The molecule has 1 atom stereocenters. The highest BCUT2D eigenvalue weighted by Gasteiger charge is 2.29. The van der Waals surface area contributed by atoms with E-state index in [9.17, 15) is 9.90 Å². The lowest BCUT2D eigenvalue weighted by molar-refractivity contribution is -0.142. The standard InChI is InChI=1S/C19H25NO2/c1-11(2)10-20-17-6-5-14(19(21)22)9-16(17)15-7-12(3)13(4)8-18(15)20/h7-8,11,14H,5-6,9-10H2,1-4H3,(H,21,22). The van der Waals surface area contributed by atoms with E-state index < -0.39 is 5.97 Å². The summed E-state index contributed by atoms with van der Waals surface area (Å²) < 4.78 is 2.44. The van der Waals surface area contributed by atoms with Gasteiger partial charge in [-0.05, 0) is 67.9 Å². The molecule has 0 bridgehead atoms. The third-order valence-electron chi connectivity index (χ3n) is 4.98. The van der Waals surface area contributed by atoms with Crippen molar-refractivity contribution in [2.45, 2.75) is 53.5 Å². The normalized spacial score (nSPS) is 18.0. The van der Waals surface area contributed by atoms with E-state index in [2.05, 4.69) is 44.4 Å². The Morgan fingerprint density at radius 3 is 2.64 bits per heavy atom. The molecule has 0 fully saturated rings. The number of aryl methyl sites for hydroxylation is 2. The van der Waals surface area contributed by atoms with E-state index in [1.165, 1.54) is 33.3 Å². The van der Waals surface area contributed by atoms with Gasteiger partial charge < -0.3 is 9.67 Å². The molecule has 1 aromatic carbocycles. The summed E-state index contributed by atoms with van der Waals surface area (Å²) in [4.78, 5) is 11.4. The van der Waals surface area contributed by atoms with Gasteiger partial charge in [-0.1, -0.05) is 13.8 Å². The summed E-state index contributed by atoms with van der Waals surface area (Å²) in [5.41, 5.74) is 6.52. The molecule has 0 amide bonds. The molecule has 1 aliphatic carbocycles. The van der Waals surface area contributed by atoms with Gasteiger partial charge in [-0.2, -0.15) is 0 Å². The quantitative estimate of drug-likeness (QED) is 0.927. The van der Waals surface area contributed by atoms with Crippen molar-refractivity contribution in [3.05, 3.63) is 34.5 Å². The molecule has 1 heterocycles. The number of rotatable bonds is 3. The molecule has 3 rings (SSSR count). The van der Waals surface area contributed by atoms with Gasteiger partial charge in [0.15, 0.2) is 0 Å². The summed E-state index contributed by atoms with van der Waals surface area (Å²) in [6.07, 6.45) is 2.31. The SMILES string of the molecule is Cc1cc2c3c(n(CC(C)C)c2cc1C)CCC(C(=O)O)C3. The Bertz CT molecular complexity index is 740. The summed E-state index contributed by atoms with van der Waals surface area (Å²) >= 11 is 0. The summed E-state index contributed by atoms with van der Waals surface area (Å²) in [5, 5.41) is 10.6. The van der Waals surface area contributed by atoms with Crippen LogP contribution in [0.4, 0.5) is 0 Å². The van der Waals surface area contributed by atoms with Gasteiger partial charge in [0, 0.05) is 23.1 Å². The zero-order valence-corrected chi connectivity index (χ0v) is 13.9. The predicted molar refractivity (Wildman–Crippen MR) is 89.4 cm³/mol. The Kier molecular flexibility index (Phi) is 3.75. The van der Waals surface area contributed by atoms with Gasteiger partial charge in [-0.3, -0.25) is 4.79 Å². The monoisotopic (exact) mass is 299 g/mol. The second kappa shape index (κ2) is 5.45. The van der Waals surface area contributed by atoms with Crippen molar-refractivity contribution in [2.24, 2.45) is 11.8 Å². The number of hydrogen-bond donors (Lipinski definition) is 1. The summed E-state index contributed by atoms with van der Waals surface area (Å²) in [5.74, 6) is -0.301. The molecule has 0 saturated heterocycles. The molecule has 118 valence electrons. The van der Waals surface area contributed by atoms with Gasteiger partial charge in [0.25, 0.3) is 0 Å². The number of carboxylic acid groups (broad SMARTS) is 1. The molecule has 1 N–H and O–H groups in total. The van der Waals surface area contributed by atoms with Crippen LogP contribution in [0.15, 0.2) is 12.1 Å². The van der Waals surface area contributed by atoms with Gasteiger partial charge in [0.1, 0.15) is 0 Å². The smallest absolute Gasteiger partial charge is 0.306 e. The second-order valence-electron chi connectivity index (χ2n) is 7.16. The van der Waals surface area contributed by atoms with Gasteiger partial charge in [0.05, 0.1) is 5.92 Å². The topological polar surface area (TPSA) is 42.2 Å². The van der Waals surface area contributed by atoms with E-state index in [1.54, 1.807) is 0 Å². The van der Waals surface area contributed by atoms with E-state index in [0.29, 0.717) is 12.3 Å². The Labute approximate surface area is 131 Å². The van der Waals surface area contributed by atoms with Crippen molar-refractivity contribution in [3.8, 4) is 0 Å². The summed E-state index contributed by atoms with van der Waals surface area (Å²) in [6.45, 7) is 9.77. The maximum Gasteiger partial charge on any atom is 0.306 e. The van der Waals surface area contributed by atoms with Gasteiger partial charge in [0.2, 0.25) is 0 Å². The Morgan fingerprint density at radius 2 is 2.00 bits per heavy atom. The molecular weight excluding hydrogens is 274 g/mol. The van der Waals surface area contributed by atoms with Crippen molar-refractivity contribution in [1.29, 1.82) is 0 Å². The van der Waals surface area contributed by atoms with Crippen molar-refractivity contribution in [2.75, 3.05) is 0 Å². The first-order chi connectivity index (χ1) is 10.4. The number of benzene rings is 1. The van der Waals surface area contributed by atoms with E-state index in [-0.39, 0.29) is 5.92 Å². The fraction of sp³-hybridized carbons (Fsp3) is 0.526. The Balaban J connectivity index is 2.22. The minimum atomic E-state index is -0.653. The molecule has 0 aliphatic heterocycles. The minimum absolute atomic E-state index is 0.229. The van der Waals surface area contributed by atoms with Crippen LogP contribution in [-0.2, 0) is 24.2 Å². The predicted octanol–water partition coefficient (Wildman–Crippen LogP) is 4.10. The number of carbonyl (C=O) groups is 1. The zero-order chi connectivity index (χ0) is 16.0. The van der Waals surface area contributed by atoms with Gasteiger partial charge in [-0.25, -0.2) is 0 Å². The van der Waals surface area contributed by atoms with Crippen LogP contribution in [-0.4, -0.2) is 15.6 Å². The lowest BCUT2D eigenvalue weighted by atomic mass is 9.86. The molecule has 1 aromatic heterocycles. The maximum absolute atomic E-state index is 11.4. The number of carboxylic acids is 1. The Hall–Kier alpha value is -1.77. The molecule has 22 heavy (non-hydrogen) atoms. The summed E-state index contributed by atoms with van der Waals surface area (Å²) in [6, 6.07) is 4.53. The lowest BCUT2D eigenvalue weighted by Crippen LogP contribution is -2.23. The van der Waals surface area contributed by atoms with E-state index >= 15 is 0 Å². The number of fused-ring (bicyclic) bond motifs is 3. The van der Waals surface area contributed by atoms with Crippen molar-refractivity contribution < 1.29 is 9.90 Å². The van der Waals surface area contributed by atoms with Crippen LogP contribution in [0.5, 0.6) is 0 Å². The Morgan fingerprint density at radius 1 is 1.32 bits per heavy atom. The van der Waals surface area contributed by atoms with Crippen molar-refractivity contribution >= 4 is 16.9 Å². The number of hydrogen-bond acceptors (Lipinski definition) is 1. The molecule has 1 aliphatic rings. The minimum Gasteiger partial charge on any atom is -0.481 e. The highest BCUT2D eigenvalue weighted by Crippen LogP contribution is 2.36. The second-order valence-corrected chi connectivity index (χ2v) is 7.16. The average molecular weight is 299 g/mol. The molecule has 0 radical (unpaired) electrons. The van der Waals surface area contributed by atoms with Crippen LogP contribution in [0, 0.1) is 25.7 Å². The molecule has 0 spiro atoms. The van der Waals surface area contributed by atoms with Crippen LogP contribution in [0.25, 0.3) is 10.9 Å². The van der Waals surface area contributed by atoms with Crippen LogP contribution < -0.4 is 0 Å². The largest absolute Gasteiger partial charge is 0.481 e. The van der Waals surface area contributed by atoms with Crippen molar-refractivity contribution in [3.63, 3.8) is 0 Å². The fourth-order valence-electron chi connectivity index (χ4n) is 3.69. The average Bonchev–Trinajstić information content (AvgIpc) is 2.72. The van der Waals surface area contributed by atoms with Crippen molar-refractivity contribution in [1.82, 2.24) is 4.57 Å². The molecule has 2 aromatic rings. The number of nitrogens with zero attached hydrogens (tertiary/aromatic N) is 1. The van der Waals surface area contributed by atoms with Gasteiger partial charge in [-0.15, -0.1) is 0 Å². The highest BCUT2D eigenvalue weighted by molar-refractivity contribution is 5.88. The first kappa shape index (κ1) is 15.1. The third kappa shape index (κ3) is 2.43. The molecule has 3 nitrogen and oxygen atoms in total. The van der Waals surface area contributed by atoms with Crippen LogP contribution in [0.3, 0.4) is 0 Å². The van der Waals surface area contributed by atoms with Crippen LogP contribution >= 0.6 is 0 Å². The molecule has 3 heteroatoms. The van der Waals surface area contributed by atoms with E-state index in [1.807, 2.05) is 0 Å². The number of aliphatic carboxylic acids is 1. The molecule has 1 unspecified atom stereocenters. The fourth-order valence-corrected chi connectivity index (χ4v) is 3.69. The zero-order valence-electron chi connectivity index (χ0n) is 13.9. The summed E-state index contributed by atoms with van der Waals surface area (Å²) in [7, 11) is 0. The van der Waals surface area contributed by atoms with E-state index in [4.69, 9.17) is 0 Å². The van der Waals surface area contributed by atoms with Gasteiger partial charge >= 0.3 is 5.97 Å². The highest BCUT2D eigenvalue weighted by atomic mass is 16.4. The first-order valence-electron chi connectivity index (χ1n) is 8.22. The maximum atomic E-state index is 11.4. The lowest BCUT2D eigenvalue weighted by Gasteiger charge is -2.21.